The largest absolute Gasteiger partial charge is 0.348 e. The van der Waals surface area contributed by atoms with Gasteiger partial charge in [-0.25, -0.2) is 0 Å². The maximum atomic E-state index is 12.5. The molecule has 0 bridgehead atoms. The van der Waals surface area contributed by atoms with E-state index in [0.717, 1.165) is 19.5 Å². The van der Waals surface area contributed by atoms with Crippen LogP contribution in [0.5, 0.6) is 0 Å². The first-order valence-corrected chi connectivity index (χ1v) is 7.95. The molecule has 1 aromatic rings. The minimum Gasteiger partial charge on any atom is -0.348 e. The van der Waals surface area contributed by atoms with Crippen LogP contribution in [0.25, 0.3) is 0 Å². The normalized spacial score (nSPS) is 21.9. The minimum atomic E-state index is -0.307. The van der Waals surface area contributed by atoms with Gasteiger partial charge in [0.25, 0.3) is 0 Å². The third-order valence-electron chi connectivity index (χ3n) is 4.22. The lowest BCUT2D eigenvalue weighted by Crippen LogP contribution is -2.47. The lowest BCUT2D eigenvalue weighted by atomic mass is 9.74. The maximum absolute atomic E-state index is 12.5. The second kappa shape index (κ2) is 6.06. The Kier molecular flexibility index (Phi) is 4.63. The van der Waals surface area contributed by atoms with E-state index in [4.69, 9.17) is 0 Å². The van der Waals surface area contributed by atoms with Crippen molar-refractivity contribution in [2.75, 3.05) is 13.1 Å². The highest BCUT2D eigenvalue weighted by atomic mass is 32.1. The molecule has 1 fully saturated rings. The number of nitrogens with one attached hydrogen (secondary N) is 2. The van der Waals surface area contributed by atoms with Crippen LogP contribution in [-0.2, 0) is 4.79 Å². The summed E-state index contributed by atoms with van der Waals surface area (Å²) in [7, 11) is 0. The van der Waals surface area contributed by atoms with E-state index in [1.165, 1.54) is 11.3 Å². The van der Waals surface area contributed by atoms with Gasteiger partial charge in [0.1, 0.15) is 0 Å². The molecule has 2 heterocycles. The van der Waals surface area contributed by atoms with Gasteiger partial charge in [-0.1, -0.05) is 19.9 Å². The van der Waals surface area contributed by atoms with Crippen LogP contribution in [0.3, 0.4) is 0 Å². The smallest absolute Gasteiger partial charge is 0.226 e. The SMILES string of the molecule is C[C@H](NC(=O)C(C)(C)C1CCCNC1)c1cccs1. The summed E-state index contributed by atoms with van der Waals surface area (Å²) in [5.41, 5.74) is -0.307. The molecule has 0 aromatic carbocycles. The first-order chi connectivity index (χ1) is 9.01. The fraction of sp³-hybridized carbons (Fsp3) is 0.667. The summed E-state index contributed by atoms with van der Waals surface area (Å²) in [5, 5.41) is 8.61. The predicted molar refractivity (Wildman–Crippen MR) is 80.3 cm³/mol. The molecule has 19 heavy (non-hydrogen) atoms. The van der Waals surface area contributed by atoms with Gasteiger partial charge < -0.3 is 10.6 Å². The summed E-state index contributed by atoms with van der Waals surface area (Å²) in [4.78, 5) is 13.7. The monoisotopic (exact) mass is 280 g/mol. The van der Waals surface area contributed by atoms with Crippen LogP contribution in [0, 0.1) is 11.3 Å². The second-order valence-electron chi connectivity index (χ2n) is 5.98. The van der Waals surface area contributed by atoms with Gasteiger partial charge in [0, 0.05) is 10.3 Å². The van der Waals surface area contributed by atoms with E-state index in [1.54, 1.807) is 11.3 Å². The van der Waals surface area contributed by atoms with Crippen molar-refractivity contribution in [3.8, 4) is 0 Å². The number of hydrogen-bond donors (Lipinski definition) is 2. The Hall–Kier alpha value is -0.870. The van der Waals surface area contributed by atoms with Crippen molar-refractivity contribution >= 4 is 17.2 Å². The van der Waals surface area contributed by atoms with Gasteiger partial charge in [0.05, 0.1) is 6.04 Å². The number of amides is 1. The molecule has 1 saturated heterocycles. The Morgan fingerprint density at radius 2 is 2.37 bits per heavy atom. The van der Waals surface area contributed by atoms with Crippen molar-refractivity contribution < 1.29 is 4.79 Å². The van der Waals surface area contributed by atoms with E-state index >= 15 is 0 Å². The molecule has 1 unspecified atom stereocenters. The fourth-order valence-corrected chi connectivity index (χ4v) is 3.38. The molecular weight excluding hydrogens is 256 g/mol. The Labute approximate surface area is 119 Å². The van der Waals surface area contributed by atoms with Crippen molar-refractivity contribution in [1.82, 2.24) is 10.6 Å². The van der Waals surface area contributed by atoms with E-state index in [9.17, 15) is 4.79 Å². The van der Waals surface area contributed by atoms with Gasteiger partial charge in [0.15, 0.2) is 0 Å². The molecule has 2 atom stereocenters. The molecule has 1 aliphatic heterocycles. The topological polar surface area (TPSA) is 41.1 Å². The zero-order valence-electron chi connectivity index (χ0n) is 12.0. The number of carbonyl (C=O) groups is 1. The first-order valence-electron chi connectivity index (χ1n) is 7.07. The van der Waals surface area contributed by atoms with Crippen LogP contribution in [0.2, 0.25) is 0 Å². The summed E-state index contributed by atoms with van der Waals surface area (Å²) >= 11 is 1.69. The highest BCUT2D eigenvalue weighted by Crippen LogP contribution is 2.33. The fourth-order valence-electron chi connectivity index (χ4n) is 2.64. The highest BCUT2D eigenvalue weighted by Gasteiger charge is 2.37. The molecule has 2 N–H and O–H groups in total. The zero-order chi connectivity index (χ0) is 13.9. The van der Waals surface area contributed by atoms with Gasteiger partial charge in [-0.2, -0.15) is 0 Å². The molecule has 1 aromatic heterocycles. The number of hydrogen-bond acceptors (Lipinski definition) is 3. The van der Waals surface area contributed by atoms with Crippen LogP contribution < -0.4 is 10.6 Å². The maximum Gasteiger partial charge on any atom is 0.226 e. The number of rotatable bonds is 4. The van der Waals surface area contributed by atoms with Crippen LogP contribution in [-0.4, -0.2) is 19.0 Å². The van der Waals surface area contributed by atoms with Gasteiger partial charge in [0.2, 0.25) is 5.91 Å². The molecule has 0 radical (unpaired) electrons. The van der Waals surface area contributed by atoms with Gasteiger partial charge in [-0.15, -0.1) is 11.3 Å². The number of piperidine rings is 1. The minimum absolute atomic E-state index is 0.100. The molecule has 1 aliphatic rings. The molecular formula is C15H24N2OS. The summed E-state index contributed by atoms with van der Waals surface area (Å²) in [6, 6.07) is 4.20. The third-order valence-corrected chi connectivity index (χ3v) is 5.28. The Morgan fingerprint density at radius 3 is 2.95 bits per heavy atom. The summed E-state index contributed by atoms with van der Waals surface area (Å²) in [5.74, 6) is 0.596. The number of carbonyl (C=O) groups excluding carboxylic acids is 1. The zero-order valence-corrected chi connectivity index (χ0v) is 12.8. The van der Waals surface area contributed by atoms with Crippen molar-refractivity contribution in [3.05, 3.63) is 22.4 Å². The molecule has 106 valence electrons. The lowest BCUT2D eigenvalue weighted by Gasteiger charge is -2.36. The van der Waals surface area contributed by atoms with Crippen molar-refractivity contribution in [2.45, 2.75) is 39.7 Å². The van der Waals surface area contributed by atoms with E-state index in [2.05, 4.69) is 37.5 Å². The van der Waals surface area contributed by atoms with Crippen LogP contribution >= 0.6 is 11.3 Å². The van der Waals surface area contributed by atoms with Crippen LogP contribution in [0.15, 0.2) is 17.5 Å². The molecule has 2 rings (SSSR count). The molecule has 0 spiro atoms. The summed E-state index contributed by atoms with van der Waals surface area (Å²) in [6.45, 7) is 8.23. The van der Waals surface area contributed by atoms with E-state index in [1.807, 2.05) is 11.4 Å². The van der Waals surface area contributed by atoms with E-state index in [-0.39, 0.29) is 17.4 Å². The lowest BCUT2D eigenvalue weighted by molar-refractivity contribution is -0.133. The predicted octanol–water partition coefficient (Wildman–Crippen LogP) is 2.95. The Bertz CT molecular complexity index is 408. The third kappa shape index (κ3) is 3.37. The molecule has 3 nitrogen and oxygen atoms in total. The quantitative estimate of drug-likeness (QED) is 0.890. The van der Waals surface area contributed by atoms with Gasteiger partial charge in [-0.05, 0) is 50.2 Å². The van der Waals surface area contributed by atoms with Crippen LogP contribution in [0.1, 0.15) is 44.5 Å². The Morgan fingerprint density at radius 1 is 1.58 bits per heavy atom. The second-order valence-corrected chi connectivity index (χ2v) is 6.95. The van der Waals surface area contributed by atoms with Crippen molar-refractivity contribution in [3.63, 3.8) is 0 Å². The van der Waals surface area contributed by atoms with Gasteiger partial charge >= 0.3 is 0 Å². The average molecular weight is 280 g/mol. The van der Waals surface area contributed by atoms with E-state index < -0.39 is 0 Å². The highest BCUT2D eigenvalue weighted by molar-refractivity contribution is 7.10. The molecule has 0 aliphatic carbocycles. The van der Waals surface area contributed by atoms with Gasteiger partial charge in [-0.3, -0.25) is 4.79 Å². The molecule has 4 heteroatoms. The van der Waals surface area contributed by atoms with Crippen molar-refractivity contribution in [1.29, 1.82) is 0 Å². The van der Waals surface area contributed by atoms with Crippen LogP contribution in [0.4, 0.5) is 0 Å². The number of thiophene rings is 1. The molecule has 0 saturated carbocycles. The Balaban J connectivity index is 1.97. The standard InChI is InChI=1S/C15H24N2OS/c1-11(13-7-5-9-19-13)17-14(18)15(2,3)12-6-4-8-16-10-12/h5,7,9,11-12,16H,4,6,8,10H2,1-3H3,(H,17,18)/t11-,12?/m0/s1. The van der Waals surface area contributed by atoms with E-state index in [0.29, 0.717) is 5.92 Å². The summed E-state index contributed by atoms with van der Waals surface area (Å²) < 4.78 is 0. The van der Waals surface area contributed by atoms with Crippen molar-refractivity contribution in [2.24, 2.45) is 11.3 Å². The summed E-state index contributed by atoms with van der Waals surface area (Å²) in [6.07, 6.45) is 2.31. The first kappa shape index (κ1) is 14.5. The molecule has 1 amide bonds. The average Bonchev–Trinajstić information content (AvgIpc) is 2.93.